The molecule has 0 aliphatic rings. The van der Waals surface area contributed by atoms with Gasteiger partial charge in [-0.05, 0) is 18.4 Å². The summed E-state index contributed by atoms with van der Waals surface area (Å²) in [5, 5.41) is 6.65. The van der Waals surface area contributed by atoms with Crippen LogP contribution in [0.5, 0.6) is 0 Å². The Morgan fingerprint density at radius 2 is 1.81 bits per heavy atom. The van der Waals surface area contributed by atoms with Crippen LogP contribution in [0.25, 0.3) is 0 Å². The van der Waals surface area contributed by atoms with Gasteiger partial charge in [-0.1, -0.05) is 50.3 Å². The molecule has 0 aliphatic carbocycles. The third kappa shape index (κ3) is 5.69. The Hall–Kier alpha value is -1.04. The molecule has 1 rings (SSSR count). The van der Waals surface area contributed by atoms with E-state index in [1.54, 1.807) is 7.05 Å². The average molecular weight is 401 g/mol. The quantitative estimate of drug-likeness (QED) is 0.316. The monoisotopic (exact) mass is 401 g/mol. The fraction of sp³-hybridized carbons (Fsp3) is 0.471. The molecule has 1 aromatic carbocycles. The number of rotatable bonds is 7. The van der Waals surface area contributed by atoms with E-state index in [9.17, 15) is 0 Å². The van der Waals surface area contributed by atoms with Crippen molar-refractivity contribution in [2.75, 3.05) is 20.1 Å². The van der Waals surface area contributed by atoms with Crippen LogP contribution >= 0.6 is 24.0 Å². The molecule has 0 spiro atoms. The van der Waals surface area contributed by atoms with Crippen molar-refractivity contribution < 1.29 is 0 Å². The maximum Gasteiger partial charge on any atom is 0.191 e. The first-order valence-electron chi connectivity index (χ1n) is 7.33. The number of hydrogen-bond donors (Lipinski definition) is 2. The number of nitrogens with one attached hydrogen (secondary N) is 2. The van der Waals surface area contributed by atoms with Gasteiger partial charge in [0.25, 0.3) is 0 Å². The molecule has 0 aromatic heterocycles. The van der Waals surface area contributed by atoms with Crippen LogP contribution in [0, 0.1) is 0 Å². The van der Waals surface area contributed by atoms with E-state index >= 15 is 0 Å². The highest BCUT2D eigenvalue weighted by atomic mass is 127. The van der Waals surface area contributed by atoms with Crippen LogP contribution in [0.2, 0.25) is 0 Å². The minimum absolute atomic E-state index is 0. The first kappa shape index (κ1) is 20.0. The fourth-order valence-electron chi connectivity index (χ4n) is 2.44. The second kappa shape index (κ2) is 10.7. The van der Waals surface area contributed by atoms with Gasteiger partial charge in [-0.2, -0.15) is 0 Å². The van der Waals surface area contributed by atoms with Crippen molar-refractivity contribution in [3.63, 3.8) is 0 Å². The van der Waals surface area contributed by atoms with Crippen LogP contribution < -0.4 is 10.6 Å². The minimum Gasteiger partial charge on any atom is -0.356 e. The standard InChI is InChI=1S/C17H27N3.HI/c1-5-13-19-16(18-4)20-14-17(6-2,7-3)15-11-9-8-10-12-15;/h5,8-12H,1,6-7,13-14H2,2-4H3,(H2,18,19,20);1H. The maximum atomic E-state index is 4.24. The van der Waals surface area contributed by atoms with Gasteiger partial charge in [0, 0.05) is 25.6 Å². The molecule has 0 atom stereocenters. The second-order valence-electron chi connectivity index (χ2n) is 4.95. The Bertz CT molecular complexity index is 425. The average Bonchev–Trinajstić information content (AvgIpc) is 2.52. The first-order chi connectivity index (χ1) is 9.72. The Morgan fingerprint density at radius 1 is 1.19 bits per heavy atom. The van der Waals surface area contributed by atoms with E-state index in [-0.39, 0.29) is 29.4 Å². The smallest absolute Gasteiger partial charge is 0.191 e. The maximum absolute atomic E-state index is 4.24. The minimum atomic E-state index is 0. The van der Waals surface area contributed by atoms with Gasteiger partial charge in [-0.15, -0.1) is 30.6 Å². The Morgan fingerprint density at radius 3 is 2.29 bits per heavy atom. The third-order valence-electron chi connectivity index (χ3n) is 3.97. The fourth-order valence-corrected chi connectivity index (χ4v) is 2.44. The molecular weight excluding hydrogens is 373 g/mol. The number of aliphatic imine (C=N–C) groups is 1. The SMILES string of the molecule is C=CCNC(=NC)NCC(CC)(CC)c1ccccc1.I. The van der Waals surface area contributed by atoms with Crippen molar-refractivity contribution >= 4 is 29.9 Å². The number of halogens is 1. The van der Waals surface area contributed by atoms with Gasteiger partial charge in [0.1, 0.15) is 0 Å². The summed E-state index contributed by atoms with van der Waals surface area (Å²) in [6.07, 6.45) is 4.02. The van der Waals surface area contributed by atoms with E-state index in [0.29, 0.717) is 0 Å². The van der Waals surface area contributed by atoms with E-state index in [2.05, 4.69) is 66.4 Å². The Balaban J connectivity index is 0.00000400. The zero-order chi connectivity index (χ0) is 14.8. The van der Waals surface area contributed by atoms with E-state index in [4.69, 9.17) is 0 Å². The molecule has 4 heteroatoms. The van der Waals surface area contributed by atoms with Crippen LogP contribution in [0.3, 0.4) is 0 Å². The lowest BCUT2D eigenvalue weighted by Gasteiger charge is -2.33. The number of nitrogens with zero attached hydrogens (tertiary/aromatic N) is 1. The lowest BCUT2D eigenvalue weighted by atomic mass is 9.76. The lowest BCUT2D eigenvalue weighted by molar-refractivity contribution is 0.390. The molecule has 3 nitrogen and oxygen atoms in total. The molecule has 1 aromatic rings. The van der Waals surface area contributed by atoms with Crippen LogP contribution in [-0.4, -0.2) is 26.1 Å². The van der Waals surface area contributed by atoms with Crippen molar-refractivity contribution in [3.8, 4) is 0 Å². The predicted octanol–water partition coefficient (Wildman–Crippen LogP) is 3.71. The largest absolute Gasteiger partial charge is 0.356 e. The molecule has 2 N–H and O–H groups in total. The lowest BCUT2D eigenvalue weighted by Crippen LogP contribution is -2.45. The summed E-state index contributed by atoms with van der Waals surface area (Å²) in [5.41, 5.74) is 1.53. The van der Waals surface area contributed by atoms with Crippen molar-refractivity contribution in [1.29, 1.82) is 0 Å². The molecular formula is C17H28IN3. The highest BCUT2D eigenvalue weighted by molar-refractivity contribution is 14.0. The zero-order valence-electron chi connectivity index (χ0n) is 13.4. The molecule has 118 valence electrons. The molecule has 0 bridgehead atoms. The molecule has 0 saturated carbocycles. The van der Waals surface area contributed by atoms with E-state index in [1.165, 1.54) is 5.56 Å². The highest BCUT2D eigenvalue weighted by Crippen LogP contribution is 2.30. The van der Waals surface area contributed by atoms with Crippen LogP contribution in [0.15, 0.2) is 48.0 Å². The summed E-state index contributed by atoms with van der Waals surface area (Å²) >= 11 is 0. The van der Waals surface area contributed by atoms with E-state index in [1.807, 2.05) is 6.08 Å². The van der Waals surface area contributed by atoms with Crippen LogP contribution in [0.1, 0.15) is 32.3 Å². The van der Waals surface area contributed by atoms with Crippen LogP contribution in [-0.2, 0) is 5.41 Å². The molecule has 0 amide bonds. The predicted molar refractivity (Wildman–Crippen MR) is 104 cm³/mol. The van der Waals surface area contributed by atoms with Gasteiger partial charge < -0.3 is 10.6 Å². The molecule has 0 saturated heterocycles. The molecule has 21 heavy (non-hydrogen) atoms. The molecule has 0 aliphatic heterocycles. The summed E-state index contributed by atoms with van der Waals surface area (Å²) in [6, 6.07) is 10.7. The van der Waals surface area contributed by atoms with Crippen LogP contribution in [0.4, 0.5) is 0 Å². The van der Waals surface area contributed by atoms with Gasteiger partial charge >= 0.3 is 0 Å². The summed E-state index contributed by atoms with van der Waals surface area (Å²) in [6.45, 7) is 9.80. The summed E-state index contributed by atoms with van der Waals surface area (Å²) in [5.74, 6) is 0.826. The first-order valence-corrected chi connectivity index (χ1v) is 7.33. The molecule has 0 heterocycles. The topological polar surface area (TPSA) is 36.4 Å². The summed E-state index contributed by atoms with van der Waals surface area (Å²) < 4.78 is 0. The van der Waals surface area contributed by atoms with Gasteiger partial charge in [0.15, 0.2) is 5.96 Å². The molecule has 0 fully saturated rings. The van der Waals surface area contributed by atoms with E-state index in [0.717, 1.165) is 31.9 Å². The Labute approximate surface area is 146 Å². The summed E-state index contributed by atoms with van der Waals surface area (Å²) in [7, 11) is 1.79. The summed E-state index contributed by atoms with van der Waals surface area (Å²) in [4.78, 5) is 4.24. The zero-order valence-corrected chi connectivity index (χ0v) is 15.7. The van der Waals surface area contributed by atoms with Gasteiger partial charge in [0.05, 0.1) is 0 Å². The van der Waals surface area contributed by atoms with Gasteiger partial charge in [-0.3, -0.25) is 4.99 Å². The van der Waals surface area contributed by atoms with Gasteiger partial charge in [0.2, 0.25) is 0 Å². The highest BCUT2D eigenvalue weighted by Gasteiger charge is 2.28. The third-order valence-corrected chi connectivity index (χ3v) is 3.97. The van der Waals surface area contributed by atoms with Gasteiger partial charge in [-0.25, -0.2) is 0 Å². The van der Waals surface area contributed by atoms with Crippen molar-refractivity contribution in [3.05, 3.63) is 48.6 Å². The normalized spacial score (nSPS) is 11.5. The second-order valence-corrected chi connectivity index (χ2v) is 4.95. The van der Waals surface area contributed by atoms with Crippen molar-refractivity contribution in [2.45, 2.75) is 32.1 Å². The molecule has 0 unspecified atom stereocenters. The van der Waals surface area contributed by atoms with Crippen molar-refractivity contribution in [2.24, 2.45) is 4.99 Å². The van der Waals surface area contributed by atoms with Crippen molar-refractivity contribution in [1.82, 2.24) is 10.6 Å². The molecule has 0 radical (unpaired) electrons. The number of benzene rings is 1. The van der Waals surface area contributed by atoms with E-state index < -0.39 is 0 Å². The number of guanidine groups is 1. The number of hydrogen-bond acceptors (Lipinski definition) is 1. The Kier molecular flexibility index (Phi) is 10.1.